The second-order valence-corrected chi connectivity index (χ2v) is 8.60. The molecule has 6 heteroatoms. The largest absolute Gasteiger partial charge is 0.338 e. The van der Waals surface area contributed by atoms with Crippen LogP contribution in [0.5, 0.6) is 0 Å². The molecule has 154 valence electrons. The van der Waals surface area contributed by atoms with Gasteiger partial charge in [-0.2, -0.15) is 0 Å². The molecule has 1 aromatic carbocycles. The summed E-state index contributed by atoms with van der Waals surface area (Å²) in [7, 11) is 0. The van der Waals surface area contributed by atoms with Crippen molar-refractivity contribution in [2.24, 2.45) is 17.8 Å². The summed E-state index contributed by atoms with van der Waals surface area (Å²) in [5, 5.41) is 3.33. The van der Waals surface area contributed by atoms with Crippen LogP contribution >= 0.6 is 0 Å². The van der Waals surface area contributed by atoms with Gasteiger partial charge in [0.1, 0.15) is 5.82 Å². The Bertz CT molecular complexity index is 920. The topological polar surface area (TPSA) is 45.2 Å². The number of rotatable bonds is 1. The summed E-state index contributed by atoms with van der Waals surface area (Å²) in [4.78, 5) is 19.9. The highest BCUT2D eigenvalue weighted by Gasteiger charge is 2.53. The monoisotopic (exact) mass is 399 g/mol. The number of anilines is 3. The Balaban J connectivity index is 0.00000218. The number of alkyl halides is 2. The van der Waals surface area contributed by atoms with Gasteiger partial charge in [-0.15, -0.1) is 0 Å². The van der Waals surface area contributed by atoms with Gasteiger partial charge in [-0.3, -0.25) is 4.79 Å². The number of fused-ring (bicyclic) bond motifs is 4. The van der Waals surface area contributed by atoms with Gasteiger partial charge >= 0.3 is 0 Å². The number of para-hydroxylation sites is 2. The molecule has 2 atom stereocenters. The van der Waals surface area contributed by atoms with E-state index in [0.29, 0.717) is 19.4 Å². The number of halogens is 2. The highest BCUT2D eigenvalue weighted by Crippen LogP contribution is 2.52. The molecule has 2 fully saturated rings. The highest BCUT2D eigenvalue weighted by molar-refractivity contribution is 5.99. The average molecular weight is 399 g/mol. The first-order chi connectivity index (χ1) is 14.0. The first-order valence-corrected chi connectivity index (χ1v) is 10.5. The number of pyridine rings is 1. The molecule has 0 spiro atoms. The number of nitrogens with one attached hydrogen (secondary N) is 1. The lowest BCUT2D eigenvalue weighted by atomic mass is 9.71. The normalized spacial score (nSPS) is 27.7. The van der Waals surface area contributed by atoms with E-state index in [9.17, 15) is 13.6 Å². The van der Waals surface area contributed by atoms with Crippen LogP contribution < -0.4 is 10.2 Å². The molecule has 1 aliphatic heterocycles. The van der Waals surface area contributed by atoms with Gasteiger partial charge in [0.25, 0.3) is 5.92 Å². The molecular formula is C23H27F2N3O. The summed E-state index contributed by atoms with van der Waals surface area (Å²) in [6.45, 7) is 0.397. The predicted octanol–water partition coefficient (Wildman–Crippen LogP) is 5.77. The molecule has 1 aromatic heterocycles. The van der Waals surface area contributed by atoms with Crippen LogP contribution in [-0.2, 0) is 11.3 Å². The standard InChI is InChI=1S/C23H25F2N3O.H2/c24-23(25)17-7-1-2-8-18(23)13-16(12-17)22(29)28-14-15-6-5-11-26-21(15)27-19-9-3-4-10-20(19)28;/h3-6,9-11,16-18H,1-2,7-8,12-14H2,(H,26,27);1H. The zero-order valence-electron chi connectivity index (χ0n) is 16.3. The molecule has 1 amide bonds. The molecule has 0 saturated heterocycles. The fraction of sp³-hybridized carbons (Fsp3) is 0.478. The summed E-state index contributed by atoms with van der Waals surface area (Å²) in [5.74, 6) is -3.64. The van der Waals surface area contributed by atoms with Crippen molar-refractivity contribution >= 4 is 23.1 Å². The highest BCUT2D eigenvalue weighted by atomic mass is 19.3. The van der Waals surface area contributed by atoms with E-state index in [1.165, 1.54) is 0 Å². The Kier molecular flexibility index (Phi) is 4.52. The first kappa shape index (κ1) is 18.5. The van der Waals surface area contributed by atoms with E-state index in [4.69, 9.17) is 0 Å². The molecule has 2 heterocycles. The van der Waals surface area contributed by atoms with Gasteiger partial charge in [0.2, 0.25) is 5.91 Å². The summed E-state index contributed by atoms with van der Waals surface area (Å²) in [5.41, 5.74) is 2.53. The number of benzene rings is 1. The van der Waals surface area contributed by atoms with Crippen LogP contribution in [-0.4, -0.2) is 16.8 Å². The van der Waals surface area contributed by atoms with Gasteiger partial charge in [0.15, 0.2) is 0 Å². The van der Waals surface area contributed by atoms with Gasteiger partial charge < -0.3 is 10.2 Å². The SMILES string of the molecule is O=C(C1CC2CCCCC(C1)C2(F)F)N1Cc2cccnc2Nc2ccccc21.[HH]. The molecular weight excluding hydrogens is 372 g/mol. The van der Waals surface area contributed by atoms with Gasteiger partial charge in [-0.25, -0.2) is 13.8 Å². The number of nitrogens with zero attached hydrogens (tertiary/aromatic N) is 2. The Hall–Kier alpha value is -2.50. The fourth-order valence-corrected chi connectivity index (χ4v) is 5.33. The van der Waals surface area contributed by atoms with Crippen molar-refractivity contribution in [1.29, 1.82) is 0 Å². The molecule has 5 rings (SSSR count). The number of aromatic nitrogens is 1. The smallest absolute Gasteiger partial charge is 0.253 e. The van der Waals surface area contributed by atoms with Gasteiger partial charge in [0, 0.05) is 30.9 Å². The molecule has 2 bridgehead atoms. The van der Waals surface area contributed by atoms with E-state index in [-0.39, 0.29) is 26.1 Å². The number of amides is 1. The van der Waals surface area contributed by atoms with Crippen molar-refractivity contribution in [2.45, 2.75) is 51.0 Å². The van der Waals surface area contributed by atoms with Crippen molar-refractivity contribution in [1.82, 2.24) is 4.98 Å². The van der Waals surface area contributed by atoms with E-state index in [2.05, 4.69) is 10.3 Å². The lowest BCUT2D eigenvalue weighted by Gasteiger charge is -2.41. The van der Waals surface area contributed by atoms with E-state index in [1.54, 1.807) is 11.1 Å². The predicted molar refractivity (Wildman–Crippen MR) is 110 cm³/mol. The van der Waals surface area contributed by atoms with E-state index in [1.807, 2.05) is 36.4 Å². The third kappa shape index (κ3) is 3.18. The first-order valence-electron chi connectivity index (χ1n) is 10.5. The zero-order valence-corrected chi connectivity index (χ0v) is 16.3. The number of carbonyl (C=O) groups is 1. The molecule has 1 N–H and O–H groups in total. The van der Waals surface area contributed by atoms with Crippen molar-refractivity contribution in [3.05, 3.63) is 48.2 Å². The lowest BCUT2D eigenvalue weighted by molar-refractivity contribution is -0.151. The van der Waals surface area contributed by atoms with Crippen LogP contribution in [0.25, 0.3) is 0 Å². The second-order valence-electron chi connectivity index (χ2n) is 8.60. The molecule has 2 aliphatic carbocycles. The maximum absolute atomic E-state index is 14.8. The van der Waals surface area contributed by atoms with Gasteiger partial charge in [-0.05, 0) is 43.9 Å². The Morgan fingerprint density at radius 2 is 1.83 bits per heavy atom. The Labute approximate surface area is 170 Å². The van der Waals surface area contributed by atoms with Gasteiger partial charge in [0.05, 0.1) is 17.9 Å². The quantitative estimate of drug-likeness (QED) is 0.662. The molecule has 2 unspecified atom stereocenters. The molecule has 2 aromatic rings. The third-order valence-corrected chi connectivity index (χ3v) is 6.86. The van der Waals surface area contributed by atoms with Crippen molar-refractivity contribution in [3.8, 4) is 0 Å². The van der Waals surface area contributed by atoms with Crippen LogP contribution in [0.4, 0.5) is 26.0 Å². The van der Waals surface area contributed by atoms with Crippen LogP contribution in [0.3, 0.4) is 0 Å². The maximum atomic E-state index is 14.8. The number of hydrogen-bond donors (Lipinski definition) is 1. The Morgan fingerprint density at radius 3 is 2.59 bits per heavy atom. The molecule has 0 radical (unpaired) electrons. The number of carbonyl (C=O) groups excluding carboxylic acids is 1. The second kappa shape index (κ2) is 7.08. The minimum absolute atomic E-state index is 0. The molecule has 29 heavy (non-hydrogen) atoms. The summed E-state index contributed by atoms with van der Waals surface area (Å²) in [6.07, 6.45) is 5.03. The summed E-state index contributed by atoms with van der Waals surface area (Å²) < 4.78 is 29.6. The van der Waals surface area contributed by atoms with Crippen LogP contribution in [0.15, 0.2) is 42.6 Å². The van der Waals surface area contributed by atoms with Gasteiger partial charge in [-0.1, -0.05) is 31.0 Å². The molecule has 2 saturated carbocycles. The summed E-state index contributed by atoms with van der Waals surface area (Å²) in [6, 6.07) is 11.5. The minimum Gasteiger partial charge on any atom is -0.338 e. The third-order valence-electron chi connectivity index (χ3n) is 6.86. The molecule has 4 nitrogen and oxygen atoms in total. The van der Waals surface area contributed by atoms with E-state index in [0.717, 1.165) is 35.6 Å². The minimum atomic E-state index is -2.64. The van der Waals surface area contributed by atoms with Crippen molar-refractivity contribution in [3.63, 3.8) is 0 Å². The van der Waals surface area contributed by atoms with Crippen LogP contribution in [0, 0.1) is 17.8 Å². The average Bonchev–Trinajstić information content (AvgIpc) is 2.89. The van der Waals surface area contributed by atoms with Crippen LogP contribution in [0.2, 0.25) is 0 Å². The van der Waals surface area contributed by atoms with E-state index >= 15 is 0 Å². The van der Waals surface area contributed by atoms with Crippen molar-refractivity contribution < 1.29 is 15.0 Å². The number of hydrogen-bond acceptors (Lipinski definition) is 3. The maximum Gasteiger partial charge on any atom is 0.253 e. The lowest BCUT2D eigenvalue weighted by Crippen LogP contribution is -2.47. The Morgan fingerprint density at radius 1 is 1.10 bits per heavy atom. The fourth-order valence-electron chi connectivity index (χ4n) is 5.33. The van der Waals surface area contributed by atoms with E-state index < -0.39 is 17.8 Å². The van der Waals surface area contributed by atoms with Crippen molar-refractivity contribution in [2.75, 3.05) is 10.2 Å². The zero-order chi connectivity index (χ0) is 20.0. The van der Waals surface area contributed by atoms with Crippen LogP contribution in [0.1, 0.15) is 45.5 Å². The molecule has 3 aliphatic rings. The summed E-state index contributed by atoms with van der Waals surface area (Å²) >= 11 is 0.